The average Bonchev–Trinajstić information content (AvgIpc) is 2.70. The van der Waals surface area contributed by atoms with Gasteiger partial charge in [-0.3, -0.25) is 9.59 Å². The number of ether oxygens (including phenoxy) is 1. The van der Waals surface area contributed by atoms with Crippen molar-refractivity contribution in [3.63, 3.8) is 0 Å². The first kappa shape index (κ1) is 18.7. The fraction of sp³-hybridized carbons (Fsp3) is 0.529. The van der Waals surface area contributed by atoms with Crippen LogP contribution in [0.3, 0.4) is 0 Å². The lowest BCUT2D eigenvalue weighted by molar-refractivity contribution is -0.194. The van der Waals surface area contributed by atoms with Gasteiger partial charge in [-0.2, -0.15) is 13.2 Å². The molecule has 1 aromatic rings. The number of aryl methyl sites for hydroxylation is 1. The quantitative estimate of drug-likeness (QED) is 0.451. The van der Waals surface area contributed by atoms with Crippen LogP contribution in [0, 0.1) is 12.8 Å². The minimum absolute atomic E-state index is 0.106. The van der Waals surface area contributed by atoms with E-state index in [1.807, 2.05) is 0 Å². The summed E-state index contributed by atoms with van der Waals surface area (Å²) < 4.78 is 44.6. The predicted molar refractivity (Wildman–Crippen MR) is 88.5 cm³/mol. The number of alkyl halides is 3. The van der Waals surface area contributed by atoms with E-state index in [0.717, 1.165) is 0 Å². The van der Waals surface area contributed by atoms with Crippen LogP contribution in [0.15, 0.2) is 16.6 Å². The highest BCUT2D eigenvalue weighted by molar-refractivity contribution is 9.10. The normalized spacial score (nSPS) is 30.0. The first-order valence-electron chi connectivity index (χ1n) is 7.84. The second kappa shape index (κ2) is 6.27. The molecule has 2 aliphatic rings. The van der Waals surface area contributed by atoms with Gasteiger partial charge in [-0.05, 0) is 55.9 Å². The molecule has 1 aromatic carbocycles. The molecule has 0 amide bonds. The Morgan fingerprint density at radius 1 is 1.24 bits per heavy atom. The maximum absolute atomic E-state index is 12.9. The lowest BCUT2D eigenvalue weighted by atomic mass is 9.74. The molecular formula is C17H15BrClF3O3. The monoisotopic (exact) mass is 438 g/mol. The molecule has 0 radical (unpaired) electrons. The van der Waals surface area contributed by atoms with Crippen molar-refractivity contribution in [1.29, 1.82) is 0 Å². The molecule has 1 spiro atoms. The number of carbonyl (C=O) groups excluding carboxylic acids is 2. The Labute approximate surface area is 156 Å². The van der Waals surface area contributed by atoms with Crippen LogP contribution in [0.4, 0.5) is 13.2 Å². The Balaban J connectivity index is 1.90. The molecule has 8 heteroatoms. The smallest absolute Gasteiger partial charge is 0.391 e. The van der Waals surface area contributed by atoms with Crippen LogP contribution in [0.5, 0.6) is 0 Å². The summed E-state index contributed by atoms with van der Waals surface area (Å²) in [5, 5.41) is 0.253. The Hall–Kier alpha value is -1.08. The first-order valence-corrected chi connectivity index (χ1v) is 9.02. The molecule has 25 heavy (non-hydrogen) atoms. The topological polar surface area (TPSA) is 43.4 Å². The largest absolute Gasteiger partial charge is 0.450 e. The first-order chi connectivity index (χ1) is 11.5. The molecule has 1 saturated carbocycles. The molecule has 136 valence electrons. The van der Waals surface area contributed by atoms with Crippen LogP contribution in [-0.2, 0) is 14.3 Å². The van der Waals surface area contributed by atoms with Crippen LogP contribution in [0.2, 0.25) is 5.02 Å². The van der Waals surface area contributed by atoms with Gasteiger partial charge in [0.25, 0.3) is 0 Å². The molecule has 3 nitrogen and oxygen atoms in total. The van der Waals surface area contributed by atoms with Crippen molar-refractivity contribution < 1.29 is 27.5 Å². The van der Waals surface area contributed by atoms with Gasteiger partial charge in [0.15, 0.2) is 11.4 Å². The van der Waals surface area contributed by atoms with Crippen molar-refractivity contribution in [3.05, 3.63) is 32.8 Å². The van der Waals surface area contributed by atoms with E-state index in [9.17, 15) is 22.8 Å². The molecule has 1 heterocycles. The third-order valence-corrected chi connectivity index (χ3v) is 5.86. The zero-order chi connectivity index (χ0) is 18.6. The Bertz CT molecular complexity index is 716. The highest BCUT2D eigenvalue weighted by atomic mass is 79.9. The van der Waals surface area contributed by atoms with Crippen molar-refractivity contribution in [1.82, 2.24) is 0 Å². The van der Waals surface area contributed by atoms with E-state index < -0.39 is 35.4 Å². The Morgan fingerprint density at radius 2 is 1.84 bits per heavy atom. The summed E-state index contributed by atoms with van der Waals surface area (Å²) in [6.07, 6.45) is -4.94. The lowest BCUT2D eigenvalue weighted by Gasteiger charge is -2.35. The zero-order valence-electron chi connectivity index (χ0n) is 13.3. The third-order valence-electron chi connectivity index (χ3n) is 5.09. The number of ketones is 1. The molecule has 1 atom stereocenters. The van der Waals surface area contributed by atoms with Crippen LogP contribution in [0.1, 0.15) is 42.7 Å². The van der Waals surface area contributed by atoms with Gasteiger partial charge in [-0.1, -0.05) is 27.5 Å². The van der Waals surface area contributed by atoms with E-state index in [2.05, 4.69) is 15.9 Å². The number of carbonyl (C=O) groups is 2. The van der Waals surface area contributed by atoms with Gasteiger partial charge >= 0.3 is 12.1 Å². The van der Waals surface area contributed by atoms with E-state index in [0.29, 0.717) is 15.6 Å². The van der Waals surface area contributed by atoms with E-state index in [4.69, 9.17) is 16.3 Å². The highest BCUT2D eigenvalue weighted by Crippen LogP contribution is 2.49. The van der Waals surface area contributed by atoms with Crippen molar-refractivity contribution in [2.24, 2.45) is 5.92 Å². The van der Waals surface area contributed by atoms with Crippen LogP contribution < -0.4 is 0 Å². The fourth-order valence-electron chi connectivity index (χ4n) is 3.76. The molecule has 1 unspecified atom stereocenters. The van der Waals surface area contributed by atoms with Crippen molar-refractivity contribution in [3.8, 4) is 0 Å². The molecule has 1 aliphatic heterocycles. The predicted octanol–water partition coefficient (Wildman–Crippen LogP) is 5.11. The standard InChI is InChI=1S/C17H15BrClF3O3/c1-8-6-10(18)7-11(19)12(8)13-14(23)16(25-15(13)24)4-2-9(3-5-16)17(20,21)22/h6-7,9,13H,2-5H2,1H3. The third kappa shape index (κ3) is 3.21. The molecular weight excluding hydrogens is 425 g/mol. The summed E-state index contributed by atoms with van der Waals surface area (Å²) in [5.74, 6) is -3.85. The number of halogens is 5. The summed E-state index contributed by atoms with van der Waals surface area (Å²) in [5.41, 5.74) is -0.433. The van der Waals surface area contributed by atoms with Crippen molar-refractivity contribution >= 4 is 39.3 Å². The summed E-state index contributed by atoms with van der Waals surface area (Å²) in [4.78, 5) is 25.3. The van der Waals surface area contributed by atoms with Crippen molar-refractivity contribution in [2.45, 2.75) is 50.3 Å². The summed E-state index contributed by atoms with van der Waals surface area (Å²) >= 11 is 9.51. The minimum Gasteiger partial charge on any atom is -0.450 e. The lowest BCUT2D eigenvalue weighted by Crippen LogP contribution is -2.43. The SMILES string of the molecule is Cc1cc(Br)cc(Cl)c1C1C(=O)OC2(CCC(C(F)(F)F)CC2)C1=O. The summed E-state index contributed by atoms with van der Waals surface area (Å²) in [6, 6.07) is 3.31. The van der Waals surface area contributed by atoms with Gasteiger partial charge in [0, 0.05) is 9.50 Å². The molecule has 1 aliphatic carbocycles. The number of Topliss-reactive ketones (excluding diaryl/α,β-unsaturated/α-hetero) is 1. The van der Waals surface area contributed by atoms with Crippen molar-refractivity contribution in [2.75, 3.05) is 0 Å². The second-order valence-corrected chi connectivity index (χ2v) is 7.97. The molecule has 3 rings (SSSR count). The van der Waals surface area contributed by atoms with Crippen LogP contribution >= 0.6 is 27.5 Å². The maximum Gasteiger partial charge on any atom is 0.391 e. The second-order valence-electron chi connectivity index (χ2n) is 6.65. The molecule has 1 saturated heterocycles. The van der Waals surface area contributed by atoms with Crippen LogP contribution in [0.25, 0.3) is 0 Å². The van der Waals surface area contributed by atoms with E-state index >= 15 is 0 Å². The number of hydrogen-bond donors (Lipinski definition) is 0. The van der Waals surface area contributed by atoms with Gasteiger partial charge in [0.2, 0.25) is 0 Å². The van der Waals surface area contributed by atoms with Gasteiger partial charge in [0.05, 0.1) is 5.92 Å². The van der Waals surface area contributed by atoms with E-state index in [1.54, 1.807) is 19.1 Å². The van der Waals surface area contributed by atoms with Gasteiger partial charge in [0.1, 0.15) is 5.92 Å². The minimum atomic E-state index is -4.29. The molecule has 0 aromatic heterocycles. The average molecular weight is 440 g/mol. The van der Waals surface area contributed by atoms with Gasteiger partial charge in [-0.15, -0.1) is 0 Å². The van der Waals surface area contributed by atoms with Gasteiger partial charge in [-0.25, -0.2) is 0 Å². The zero-order valence-corrected chi connectivity index (χ0v) is 15.6. The molecule has 2 fully saturated rings. The van der Waals surface area contributed by atoms with E-state index in [-0.39, 0.29) is 30.7 Å². The number of hydrogen-bond acceptors (Lipinski definition) is 3. The Kier molecular flexibility index (Phi) is 4.69. The number of benzene rings is 1. The van der Waals surface area contributed by atoms with Crippen LogP contribution in [-0.4, -0.2) is 23.5 Å². The summed E-state index contributed by atoms with van der Waals surface area (Å²) in [6.45, 7) is 1.72. The molecule has 0 bridgehead atoms. The maximum atomic E-state index is 12.9. The molecule has 0 N–H and O–H groups in total. The Morgan fingerprint density at radius 3 is 2.36 bits per heavy atom. The highest BCUT2D eigenvalue weighted by Gasteiger charge is 2.59. The number of esters is 1. The fourth-order valence-corrected chi connectivity index (χ4v) is 4.84. The van der Waals surface area contributed by atoms with Gasteiger partial charge < -0.3 is 4.74 Å². The number of rotatable bonds is 1. The van der Waals surface area contributed by atoms with E-state index in [1.165, 1.54) is 0 Å². The summed E-state index contributed by atoms with van der Waals surface area (Å²) in [7, 11) is 0.